The number of esters is 1. The van der Waals surface area contributed by atoms with Gasteiger partial charge in [-0.1, -0.05) is 23.4 Å². The number of ether oxygens (including phenoxy) is 1. The van der Waals surface area contributed by atoms with Gasteiger partial charge in [0.2, 0.25) is 5.91 Å². The molecule has 0 radical (unpaired) electrons. The Bertz CT molecular complexity index is 1070. The van der Waals surface area contributed by atoms with Crippen LogP contribution in [-0.4, -0.2) is 61.1 Å². The molecule has 1 N–H and O–H groups in total. The summed E-state index contributed by atoms with van der Waals surface area (Å²) >= 11 is 0. The lowest BCUT2D eigenvalue weighted by Gasteiger charge is -2.35. The first-order chi connectivity index (χ1) is 16.1. The lowest BCUT2D eigenvalue weighted by Crippen LogP contribution is -2.49. The zero-order valence-electron chi connectivity index (χ0n) is 18.2. The second-order valence-corrected chi connectivity index (χ2v) is 8.41. The van der Waals surface area contributed by atoms with Gasteiger partial charge in [0.15, 0.2) is 6.67 Å². The first-order valence-electron chi connectivity index (χ1n) is 11.0. The largest absolute Gasteiger partial charge is 0.457 e. The molecule has 1 amide bonds. The first-order valence-corrected chi connectivity index (χ1v) is 11.0. The third-order valence-corrected chi connectivity index (χ3v) is 6.28. The number of rotatable bonds is 6. The van der Waals surface area contributed by atoms with E-state index in [-0.39, 0.29) is 18.1 Å². The van der Waals surface area contributed by atoms with Crippen molar-refractivity contribution in [3.8, 4) is 0 Å². The molecule has 5 rings (SSSR count). The molecule has 0 bridgehead atoms. The number of piperazine rings is 1. The molecule has 0 atom stereocenters. The van der Waals surface area contributed by atoms with Gasteiger partial charge in [-0.05, 0) is 35.7 Å². The standard InChI is InChI=1S/C23H25FN6O3/c24-20-12-17(11-18-14-33-23(32)22(18)20)5-6-28-7-9-29(10-8-28)21(31)13-16-1-3-19(4-2-16)30-15-25-26-27-30/h1-4,11-12H,5-10,13-15H2,(H,25,27). The number of carbonyl (C=O) groups is 2. The zero-order valence-corrected chi connectivity index (χ0v) is 18.2. The molecule has 9 nitrogen and oxygen atoms in total. The van der Waals surface area contributed by atoms with Crippen molar-refractivity contribution in [2.45, 2.75) is 19.4 Å². The van der Waals surface area contributed by atoms with E-state index in [1.807, 2.05) is 40.2 Å². The molecule has 3 aliphatic heterocycles. The van der Waals surface area contributed by atoms with Crippen LogP contribution in [0.5, 0.6) is 0 Å². The summed E-state index contributed by atoms with van der Waals surface area (Å²) in [4.78, 5) is 28.5. The van der Waals surface area contributed by atoms with Crippen molar-refractivity contribution in [2.75, 3.05) is 44.4 Å². The number of amides is 1. The minimum Gasteiger partial charge on any atom is -0.457 e. The molecule has 2 aromatic rings. The predicted octanol–water partition coefficient (Wildman–Crippen LogP) is 2.07. The van der Waals surface area contributed by atoms with E-state index in [2.05, 4.69) is 20.8 Å². The maximum absolute atomic E-state index is 14.2. The highest BCUT2D eigenvalue weighted by atomic mass is 19.1. The van der Waals surface area contributed by atoms with Crippen LogP contribution in [-0.2, 0) is 29.0 Å². The smallest absolute Gasteiger partial charge is 0.341 e. The Morgan fingerprint density at radius 1 is 1.09 bits per heavy atom. The highest BCUT2D eigenvalue weighted by molar-refractivity contribution is 5.93. The van der Waals surface area contributed by atoms with Crippen LogP contribution in [0.4, 0.5) is 10.1 Å². The van der Waals surface area contributed by atoms with Crippen LogP contribution < -0.4 is 10.5 Å². The van der Waals surface area contributed by atoms with E-state index in [1.54, 1.807) is 0 Å². The van der Waals surface area contributed by atoms with Crippen LogP contribution >= 0.6 is 0 Å². The van der Waals surface area contributed by atoms with Crippen LogP contribution in [0, 0.1) is 5.82 Å². The SMILES string of the molecule is O=C1OCc2cc(CCN3CCN(C(=O)Cc4ccc(N5CN=NN5)cc4)CC3)cc(F)c21. The Hall–Kier alpha value is -3.53. The highest BCUT2D eigenvalue weighted by Gasteiger charge is 2.26. The van der Waals surface area contributed by atoms with Crippen molar-refractivity contribution >= 4 is 17.6 Å². The molecule has 10 heteroatoms. The van der Waals surface area contributed by atoms with Gasteiger partial charge in [-0.15, -0.1) is 5.11 Å². The Kier molecular flexibility index (Phi) is 5.91. The van der Waals surface area contributed by atoms with Crippen molar-refractivity contribution in [1.82, 2.24) is 15.3 Å². The molecule has 3 aliphatic rings. The van der Waals surface area contributed by atoms with Gasteiger partial charge in [-0.25, -0.2) is 14.2 Å². The van der Waals surface area contributed by atoms with Gasteiger partial charge in [-0.2, -0.15) is 5.53 Å². The van der Waals surface area contributed by atoms with Gasteiger partial charge in [0.1, 0.15) is 18.0 Å². The zero-order chi connectivity index (χ0) is 22.8. The van der Waals surface area contributed by atoms with Gasteiger partial charge >= 0.3 is 5.97 Å². The Morgan fingerprint density at radius 2 is 1.88 bits per heavy atom. The number of fused-ring (bicyclic) bond motifs is 1. The molecule has 0 aliphatic carbocycles. The molecule has 0 aromatic heterocycles. The molecular formula is C23H25FN6O3. The molecular weight excluding hydrogens is 427 g/mol. The van der Waals surface area contributed by atoms with E-state index in [1.165, 1.54) is 6.07 Å². The maximum atomic E-state index is 14.2. The average Bonchev–Trinajstić information content (AvgIpc) is 3.49. The fourth-order valence-electron chi connectivity index (χ4n) is 4.37. The van der Waals surface area contributed by atoms with Gasteiger partial charge in [0.25, 0.3) is 0 Å². The maximum Gasteiger partial charge on any atom is 0.341 e. The number of carbonyl (C=O) groups excluding carboxylic acids is 2. The van der Waals surface area contributed by atoms with Crippen LogP contribution in [0.1, 0.15) is 27.0 Å². The lowest BCUT2D eigenvalue weighted by atomic mass is 10.0. The van der Waals surface area contributed by atoms with Gasteiger partial charge < -0.3 is 9.64 Å². The molecule has 0 unspecified atom stereocenters. The van der Waals surface area contributed by atoms with E-state index in [0.29, 0.717) is 38.2 Å². The molecule has 1 saturated heterocycles. The van der Waals surface area contributed by atoms with Crippen molar-refractivity contribution in [1.29, 1.82) is 0 Å². The Balaban J connectivity index is 1.08. The molecule has 0 spiro atoms. The predicted molar refractivity (Wildman–Crippen MR) is 118 cm³/mol. The molecule has 172 valence electrons. The van der Waals surface area contributed by atoms with E-state index in [4.69, 9.17) is 4.74 Å². The van der Waals surface area contributed by atoms with Gasteiger partial charge in [-0.3, -0.25) is 9.69 Å². The molecule has 0 saturated carbocycles. The van der Waals surface area contributed by atoms with Crippen LogP contribution in [0.25, 0.3) is 0 Å². The van der Waals surface area contributed by atoms with Gasteiger partial charge in [0, 0.05) is 38.3 Å². The Labute approximate surface area is 190 Å². The quantitative estimate of drug-likeness (QED) is 0.675. The number of hydrazine groups is 1. The number of halogens is 1. The summed E-state index contributed by atoms with van der Waals surface area (Å²) in [5, 5.41) is 9.42. The van der Waals surface area contributed by atoms with Crippen LogP contribution in [0.15, 0.2) is 46.7 Å². The number of cyclic esters (lactones) is 1. The lowest BCUT2D eigenvalue weighted by molar-refractivity contribution is -0.132. The Morgan fingerprint density at radius 3 is 2.61 bits per heavy atom. The first kappa shape index (κ1) is 21.3. The van der Waals surface area contributed by atoms with Crippen molar-refractivity contribution in [3.05, 3.63) is 64.5 Å². The summed E-state index contributed by atoms with van der Waals surface area (Å²) in [7, 11) is 0. The monoisotopic (exact) mass is 452 g/mol. The minimum atomic E-state index is -0.582. The summed E-state index contributed by atoms with van der Waals surface area (Å²) in [6.45, 7) is 4.32. The van der Waals surface area contributed by atoms with Crippen molar-refractivity contribution < 1.29 is 18.7 Å². The van der Waals surface area contributed by atoms with E-state index in [0.717, 1.165) is 36.4 Å². The molecule has 33 heavy (non-hydrogen) atoms. The number of benzene rings is 2. The van der Waals surface area contributed by atoms with E-state index < -0.39 is 11.8 Å². The highest BCUT2D eigenvalue weighted by Crippen LogP contribution is 2.25. The number of nitrogens with one attached hydrogen (secondary N) is 1. The number of hydrogen-bond acceptors (Lipinski definition) is 8. The van der Waals surface area contributed by atoms with E-state index in [9.17, 15) is 14.0 Å². The summed E-state index contributed by atoms with van der Waals surface area (Å²) in [6.07, 6.45) is 1.06. The fourth-order valence-corrected chi connectivity index (χ4v) is 4.37. The van der Waals surface area contributed by atoms with Crippen molar-refractivity contribution in [3.63, 3.8) is 0 Å². The number of nitrogens with zero attached hydrogens (tertiary/aromatic N) is 5. The summed E-state index contributed by atoms with van der Waals surface area (Å²) in [5.74, 6) is -0.964. The minimum absolute atomic E-state index is 0.0688. The normalized spacial score (nSPS) is 17.8. The second-order valence-electron chi connectivity index (χ2n) is 8.41. The molecule has 3 heterocycles. The topological polar surface area (TPSA) is 89.8 Å². The third kappa shape index (κ3) is 4.65. The summed E-state index contributed by atoms with van der Waals surface area (Å²) in [6, 6.07) is 11.1. The molecule has 1 fully saturated rings. The fraction of sp³-hybridized carbons (Fsp3) is 0.391. The van der Waals surface area contributed by atoms with Crippen LogP contribution in [0.2, 0.25) is 0 Å². The van der Waals surface area contributed by atoms with Gasteiger partial charge in [0.05, 0.1) is 12.1 Å². The van der Waals surface area contributed by atoms with E-state index >= 15 is 0 Å². The van der Waals surface area contributed by atoms with Crippen molar-refractivity contribution in [2.24, 2.45) is 10.3 Å². The average molecular weight is 452 g/mol. The van der Waals surface area contributed by atoms with Crippen LogP contribution in [0.3, 0.4) is 0 Å². The number of anilines is 1. The molecule has 2 aromatic carbocycles. The third-order valence-electron chi connectivity index (χ3n) is 6.28. The summed E-state index contributed by atoms with van der Waals surface area (Å²) in [5.41, 5.74) is 6.28. The number of hydrogen-bond donors (Lipinski definition) is 1. The second kappa shape index (κ2) is 9.14. The summed E-state index contributed by atoms with van der Waals surface area (Å²) < 4.78 is 19.1.